The van der Waals surface area contributed by atoms with Crippen molar-refractivity contribution in [3.8, 4) is 0 Å². The second kappa shape index (κ2) is 5.90. The highest BCUT2D eigenvalue weighted by molar-refractivity contribution is 5.98. The summed E-state index contributed by atoms with van der Waals surface area (Å²) in [5, 5.41) is 11.4. The van der Waals surface area contributed by atoms with Crippen molar-refractivity contribution in [2.24, 2.45) is 17.6 Å². The van der Waals surface area contributed by atoms with Crippen LogP contribution in [0.4, 0.5) is 10.1 Å². The van der Waals surface area contributed by atoms with Gasteiger partial charge in [-0.05, 0) is 31.0 Å². The number of aliphatic carboxylic acids is 1. The molecule has 1 aromatic carbocycles. The van der Waals surface area contributed by atoms with Gasteiger partial charge in [0.05, 0.1) is 17.5 Å². The van der Waals surface area contributed by atoms with E-state index < -0.39 is 35.4 Å². The highest BCUT2D eigenvalue weighted by atomic mass is 19.1. The second-order valence-electron chi connectivity index (χ2n) is 5.03. The van der Waals surface area contributed by atoms with Gasteiger partial charge in [-0.3, -0.25) is 14.4 Å². The number of hydrogen-bond donors (Lipinski definition) is 3. The monoisotopic (exact) mass is 294 g/mol. The second-order valence-corrected chi connectivity index (χ2v) is 5.03. The molecule has 2 unspecified atom stereocenters. The van der Waals surface area contributed by atoms with E-state index in [1.807, 2.05) is 0 Å². The summed E-state index contributed by atoms with van der Waals surface area (Å²) in [6.45, 7) is 0. The number of nitrogens with two attached hydrogens (primary N) is 1. The summed E-state index contributed by atoms with van der Waals surface area (Å²) < 4.78 is 13.7. The van der Waals surface area contributed by atoms with Crippen LogP contribution in [0, 0.1) is 17.7 Å². The predicted octanol–water partition coefficient (Wildman–Crippen LogP) is 1.36. The van der Waals surface area contributed by atoms with Crippen molar-refractivity contribution in [1.29, 1.82) is 0 Å². The summed E-state index contributed by atoms with van der Waals surface area (Å²) in [7, 11) is 0. The third-order valence-electron chi connectivity index (χ3n) is 3.68. The number of nitrogens with one attached hydrogen (secondary N) is 1. The zero-order valence-corrected chi connectivity index (χ0v) is 11.1. The van der Waals surface area contributed by atoms with Crippen molar-refractivity contribution in [2.75, 3.05) is 5.32 Å². The van der Waals surface area contributed by atoms with E-state index in [0.717, 1.165) is 12.1 Å². The van der Waals surface area contributed by atoms with E-state index in [0.29, 0.717) is 19.3 Å². The zero-order chi connectivity index (χ0) is 15.6. The first-order valence-corrected chi connectivity index (χ1v) is 6.53. The Kier molecular flexibility index (Phi) is 4.21. The minimum atomic E-state index is -1.03. The molecule has 1 aliphatic rings. The third kappa shape index (κ3) is 3.18. The molecule has 0 aromatic heterocycles. The molecule has 0 aliphatic heterocycles. The molecular weight excluding hydrogens is 279 g/mol. The normalized spacial score (nSPS) is 21.0. The molecule has 0 radical (unpaired) electrons. The average Bonchev–Trinajstić information content (AvgIpc) is 2.90. The fourth-order valence-corrected chi connectivity index (χ4v) is 2.57. The highest BCUT2D eigenvalue weighted by Gasteiger charge is 2.37. The predicted molar refractivity (Wildman–Crippen MR) is 72.0 cm³/mol. The Bertz CT molecular complexity index is 603. The largest absolute Gasteiger partial charge is 0.481 e. The molecule has 21 heavy (non-hydrogen) atoms. The van der Waals surface area contributed by atoms with Crippen LogP contribution in [0.2, 0.25) is 0 Å². The summed E-state index contributed by atoms with van der Waals surface area (Å²) in [5.74, 6) is -4.49. The molecule has 2 amide bonds. The molecule has 6 nitrogen and oxygen atoms in total. The van der Waals surface area contributed by atoms with Crippen molar-refractivity contribution in [2.45, 2.75) is 19.3 Å². The Morgan fingerprint density at radius 1 is 1.24 bits per heavy atom. The summed E-state index contributed by atoms with van der Waals surface area (Å²) in [6.07, 6.45) is 1.51. The maximum Gasteiger partial charge on any atom is 0.307 e. The molecule has 7 heteroatoms. The van der Waals surface area contributed by atoms with Crippen LogP contribution < -0.4 is 11.1 Å². The van der Waals surface area contributed by atoms with Gasteiger partial charge in [0, 0.05) is 5.56 Å². The fourth-order valence-electron chi connectivity index (χ4n) is 2.57. The van der Waals surface area contributed by atoms with E-state index in [1.54, 1.807) is 0 Å². The molecular formula is C14H15FN2O4. The Balaban J connectivity index is 2.18. The van der Waals surface area contributed by atoms with Crippen molar-refractivity contribution in [1.82, 2.24) is 0 Å². The Labute approximate surface area is 120 Å². The van der Waals surface area contributed by atoms with Crippen LogP contribution >= 0.6 is 0 Å². The van der Waals surface area contributed by atoms with E-state index in [2.05, 4.69) is 5.32 Å². The summed E-state index contributed by atoms with van der Waals surface area (Å²) in [5.41, 5.74) is 4.98. The van der Waals surface area contributed by atoms with Crippen LogP contribution in [-0.2, 0) is 9.59 Å². The number of carbonyl (C=O) groups excluding carboxylic acids is 2. The number of anilines is 1. The molecule has 2 atom stereocenters. The Morgan fingerprint density at radius 3 is 2.52 bits per heavy atom. The van der Waals surface area contributed by atoms with Gasteiger partial charge in [0.15, 0.2) is 0 Å². The first-order chi connectivity index (χ1) is 9.90. The van der Waals surface area contributed by atoms with Gasteiger partial charge in [0.25, 0.3) is 0 Å². The number of halogens is 1. The SMILES string of the molecule is NC(=O)c1ccc(F)c(NC(=O)C2CCCC2C(=O)O)c1. The summed E-state index contributed by atoms with van der Waals surface area (Å²) >= 11 is 0. The van der Waals surface area contributed by atoms with Gasteiger partial charge in [0.1, 0.15) is 5.82 Å². The van der Waals surface area contributed by atoms with Crippen LogP contribution in [0.15, 0.2) is 18.2 Å². The smallest absolute Gasteiger partial charge is 0.307 e. The molecule has 0 spiro atoms. The van der Waals surface area contributed by atoms with Crippen LogP contribution in [0.3, 0.4) is 0 Å². The third-order valence-corrected chi connectivity index (χ3v) is 3.68. The van der Waals surface area contributed by atoms with Crippen LogP contribution in [0.25, 0.3) is 0 Å². The molecule has 112 valence electrons. The lowest BCUT2D eigenvalue weighted by Gasteiger charge is -2.16. The molecule has 0 heterocycles. The number of primary amides is 1. The number of carboxylic acid groups (broad SMARTS) is 1. The van der Waals surface area contributed by atoms with E-state index in [1.165, 1.54) is 6.07 Å². The quantitative estimate of drug-likeness (QED) is 0.778. The molecule has 1 saturated carbocycles. The van der Waals surface area contributed by atoms with Gasteiger partial charge in [-0.15, -0.1) is 0 Å². The van der Waals surface area contributed by atoms with Crippen molar-refractivity contribution < 1.29 is 23.9 Å². The number of amides is 2. The summed E-state index contributed by atoms with van der Waals surface area (Å²) in [6, 6.07) is 3.38. The van der Waals surface area contributed by atoms with Gasteiger partial charge in [-0.25, -0.2) is 4.39 Å². The molecule has 1 aromatic rings. The van der Waals surface area contributed by atoms with Crippen LogP contribution in [0.5, 0.6) is 0 Å². The van der Waals surface area contributed by atoms with E-state index >= 15 is 0 Å². The fraction of sp³-hybridized carbons (Fsp3) is 0.357. The Hall–Kier alpha value is -2.44. The van der Waals surface area contributed by atoms with Crippen molar-refractivity contribution >= 4 is 23.5 Å². The van der Waals surface area contributed by atoms with Gasteiger partial charge < -0.3 is 16.2 Å². The number of rotatable bonds is 4. The van der Waals surface area contributed by atoms with E-state index in [4.69, 9.17) is 10.8 Å². The number of carboxylic acids is 1. The topological polar surface area (TPSA) is 109 Å². The van der Waals surface area contributed by atoms with Gasteiger partial charge in [-0.1, -0.05) is 6.42 Å². The first-order valence-electron chi connectivity index (χ1n) is 6.53. The van der Waals surface area contributed by atoms with E-state index in [9.17, 15) is 18.8 Å². The van der Waals surface area contributed by atoms with Gasteiger partial charge in [0.2, 0.25) is 11.8 Å². The first kappa shape index (κ1) is 15.0. The molecule has 0 bridgehead atoms. The number of benzene rings is 1. The van der Waals surface area contributed by atoms with Gasteiger partial charge in [-0.2, -0.15) is 0 Å². The minimum absolute atomic E-state index is 0.0629. The molecule has 1 fully saturated rings. The Morgan fingerprint density at radius 2 is 1.90 bits per heavy atom. The van der Waals surface area contributed by atoms with E-state index in [-0.39, 0.29) is 11.3 Å². The maximum atomic E-state index is 13.7. The van der Waals surface area contributed by atoms with Crippen LogP contribution in [0.1, 0.15) is 29.6 Å². The lowest BCUT2D eigenvalue weighted by molar-refractivity contribution is -0.145. The van der Waals surface area contributed by atoms with Crippen molar-refractivity contribution in [3.63, 3.8) is 0 Å². The number of hydrogen-bond acceptors (Lipinski definition) is 3. The average molecular weight is 294 g/mol. The summed E-state index contributed by atoms with van der Waals surface area (Å²) in [4.78, 5) is 34.2. The molecule has 0 saturated heterocycles. The lowest BCUT2D eigenvalue weighted by atomic mass is 9.95. The maximum absolute atomic E-state index is 13.7. The standard InChI is InChI=1S/C14H15FN2O4/c15-10-5-4-7(12(16)18)6-11(10)17-13(19)8-2-1-3-9(8)14(20)21/h4-6,8-9H,1-3H2,(H2,16,18)(H,17,19)(H,20,21). The zero-order valence-electron chi connectivity index (χ0n) is 11.1. The molecule has 2 rings (SSSR count). The van der Waals surface area contributed by atoms with Crippen LogP contribution in [-0.4, -0.2) is 22.9 Å². The molecule has 1 aliphatic carbocycles. The molecule has 4 N–H and O–H groups in total. The van der Waals surface area contributed by atoms with Gasteiger partial charge >= 0.3 is 5.97 Å². The number of carbonyl (C=O) groups is 3. The minimum Gasteiger partial charge on any atom is -0.481 e. The van der Waals surface area contributed by atoms with Crippen molar-refractivity contribution in [3.05, 3.63) is 29.6 Å². The lowest BCUT2D eigenvalue weighted by Crippen LogP contribution is -2.30. The highest BCUT2D eigenvalue weighted by Crippen LogP contribution is 2.33.